The van der Waals surface area contributed by atoms with Gasteiger partial charge in [0.05, 0.1) is 6.54 Å². The Morgan fingerprint density at radius 2 is 1.66 bits per heavy atom. The normalized spacial score (nSPS) is 24.6. The van der Waals surface area contributed by atoms with Crippen LogP contribution in [0.3, 0.4) is 0 Å². The number of alkyl halides is 2. The summed E-state index contributed by atoms with van der Waals surface area (Å²) < 4.78 is 33.5. The average Bonchev–Trinajstić information content (AvgIpc) is 3.51. The lowest BCUT2D eigenvalue weighted by Gasteiger charge is -2.20. The number of carbonyl (C=O) groups excluding carboxylic acids is 2. The molecule has 0 spiro atoms. The Hall–Kier alpha value is -3.49. The molecule has 1 saturated carbocycles. The van der Waals surface area contributed by atoms with E-state index in [0.29, 0.717) is 19.3 Å². The molecule has 2 fully saturated rings. The number of halogens is 2. The van der Waals surface area contributed by atoms with Gasteiger partial charge in [-0.3, -0.25) is 9.59 Å². The summed E-state index contributed by atoms with van der Waals surface area (Å²) >= 11 is 0. The minimum atomic E-state index is -3.45. The van der Waals surface area contributed by atoms with Crippen LogP contribution in [-0.4, -0.2) is 59.6 Å². The number of aliphatic carboxylic acids is 1. The van der Waals surface area contributed by atoms with Crippen molar-refractivity contribution in [1.82, 2.24) is 10.2 Å². The van der Waals surface area contributed by atoms with Gasteiger partial charge in [0.1, 0.15) is 12.5 Å². The molecule has 184 valence electrons. The highest BCUT2D eigenvalue weighted by molar-refractivity contribution is 5.82. The molecule has 3 aliphatic rings. The molecular formula is C26H26F2N2O5. The summed E-state index contributed by atoms with van der Waals surface area (Å²) in [5.41, 5.74) is 4.48. The zero-order chi connectivity index (χ0) is 24.7. The number of ether oxygens (including phenoxy) is 1. The highest BCUT2D eigenvalue weighted by Gasteiger charge is 2.54. The minimum Gasteiger partial charge on any atom is -0.481 e. The van der Waals surface area contributed by atoms with Crippen LogP contribution in [0.25, 0.3) is 11.1 Å². The molecule has 1 heterocycles. The van der Waals surface area contributed by atoms with Gasteiger partial charge in [0, 0.05) is 24.4 Å². The number of rotatable bonds is 5. The molecule has 9 heteroatoms. The Kier molecular flexibility index (Phi) is 5.94. The van der Waals surface area contributed by atoms with Crippen molar-refractivity contribution in [2.75, 3.05) is 19.7 Å². The van der Waals surface area contributed by atoms with Crippen LogP contribution >= 0.6 is 0 Å². The van der Waals surface area contributed by atoms with Gasteiger partial charge in [-0.2, -0.15) is 0 Å². The number of carbonyl (C=O) groups is 3. The minimum absolute atomic E-state index is 0.0648. The first-order valence-corrected chi connectivity index (χ1v) is 11.8. The second-order valence-corrected chi connectivity index (χ2v) is 9.55. The van der Waals surface area contributed by atoms with E-state index in [1.807, 2.05) is 36.4 Å². The first kappa shape index (κ1) is 23.3. The summed E-state index contributed by atoms with van der Waals surface area (Å²) in [5.74, 6) is -8.01. The van der Waals surface area contributed by atoms with E-state index in [-0.39, 0.29) is 18.6 Å². The Bertz CT molecular complexity index is 1120. The smallest absolute Gasteiger partial charge is 0.407 e. The van der Waals surface area contributed by atoms with Crippen LogP contribution < -0.4 is 5.32 Å². The monoisotopic (exact) mass is 484 g/mol. The van der Waals surface area contributed by atoms with Gasteiger partial charge in [0.2, 0.25) is 5.91 Å². The molecule has 3 unspecified atom stereocenters. The lowest BCUT2D eigenvalue weighted by molar-refractivity contribution is -0.151. The molecule has 3 atom stereocenters. The van der Waals surface area contributed by atoms with Crippen molar-refractivity contribution >= 4 is 18.0 Å². The average molecular weight is 484 g/mol. The number of nitrogens with one attached hydrogen (secondary N) is 1. The zero-order valence-electron chi connectivity index (χ0n) is 19.0. The van der Waals surface area contributed by atoms with Crippen molar-refractivity contribution in [3.63, 3.8) is 0 Å². The number of benzene rings is 2. The third-order valence-electron chi connectivity index (χ3n) is 7.37. The number of carboxylic acid groups (broad SMARTS) is 1. The standard InChI is InChI=1S/C26H26F2N2O5/c27-26(28)14-30(12-22(26)24(32)33)23(31)15-9-10-16(11-15)29-25(34)35-13-21-19-7-3-1-5-17(19)18-6-2-4-8-20(18)21/h1-8,15-16,21-22H,9-14H2,(H,29,34)(H,32,33). The molecule has 2 amide bonds. The largest absolute Gasteiger partial charge is 0.481 e. The van der Waals surface area contributed by atoms with E-state index in [1.54, 1.807) is 0 Å². The van der Waals surface area contributed by atoms with E-state index >= 15 is 0 Å². The van der Waals surface area contributed by atoms with Crippen molar-refractivity contribution in [3.8, 4) is 11.1 Å². The molecule has 0 radical (unpaired) electrons. The molecular weight excluding hydrogens is 458 g/mol. The summed E-state index contributed by atoms with van der Waals surface area (Å²) in [5, 5.41) is 11.8. The van der Waals surface area contributed by atoms with Crippen molar-refractivity contribution in [2.24, 2.45) is 11.8 Å². The number of hydrogen-bond acceptors (Lipinski definition) is 4. The predicted molar refractivity (Wildman–Crippen MR) is 122 cm³/mol. The van der Waals surface area contributed by atoms with Crippen molar-refractivity contribution in [3.05, 3.63) is 59.7 Å². The summed E-state index contributed by atoms with van der Waals surface area (Å²) in [7, 11) is 0. The lowest BCUT2D eigenvalue weighted by Crippen LogP contribution is -2.37. The number of amides is 2. The molecule has 2 N–H and O–H groups in total. The van der Waals surface area contributed by atoms with Gasteiger partial charge in [-0.25, -0.2) is 13.6 Å². The summed E-state index contributed by atoms with van der Waals surface area (Å²) in [6.45, 7) is -1.21. The van der Waals surface area contributed by atoms with Crippen LogP contribution in [0, 0.1) is 11.8 Å². The molecule has 1 saturated heterocycles. The van der Waals surface area contributed by atoms with Gasteiger partial charge in [-0.05, 0) is 41.5 Å². The molecule has 1 aliphatic heterocycles. The molecule has 0 bridgehead atoms. The number of hydrogen-bond donors (Lipinski definition) is 2. The third-order valence-corrected chi connectivity index (χ3v) is 7.37. The number of likely N-dealkylation sites (tertiary alicyclic amines) is 1. The maximum absolute atomic E-state index is 14.0. The lowest BCUT2D eigenvalue weighted by atomic mass is 9.98. The Morgan fingerprint density at radius 1 is 1.03 bits per heavy atom. The van der Waals surface area contributed by atoms with Crippen LogP contribution in [0.15, 0.2) is 48.5 Å². The van der Waals surface area contributed by atoms with E-state index in [2.05, 4.69) is 17.4 Å². The van der Waals surface area contributed by atoms with Gasteiger partial charge in [-0.15, -0.1) is 0 Å². The molecule has 2 aliphatic carbocycles. The quantitative estimate of drug-likeness (QED) is 0.672. The Balaban J connectivity index is 1.15. The maximum atomic E-state index is 14.0. The number of nitrogens with zero attached hydrogens (tertiary/aromatic N) is 1. The molecule has 2 aromatic rings. The van der Waals surface area contributed by atoms with Crippen LogP contribution in [-0.2, 0) is 14.3 Å². The summed E-state index contributed by atoms with van der Waals surface area (Å²) in [6.07, 6.45) is 0.687. The van der Waals surface area contributed by atoms with Gasteiger partial charge < -0.3 is 20.1 Å². The van der Waals surface area contributed by atoms with Crippen molar-refractivity contribution in [2.45, 2.75) is 37.1 Å². The van der Waals surface area contributed by atoms with Crippen LogP contribution in [0.1, 0.15) is 36.3 Å². The fourth-order valence-electron chi connectivity index (χ4n) is 5.61. The van der Waals surface area contributed by atoms with Crippen LogP contribution in [0.5, 0.6) is 0 Å². The van der Waals surface area contributed by atoms with Crippen LogP contribution in [0.4, 0.5) is 13.6 Å². The second-order valence-electron chi connectivity index (χ2n) is 9.55. The fraction of sp³-hybridized carbons (Fsp3) is 0.423. The molecule has 0 aromatic heterocycles. The Labute approximate surface area is 201 Å². The first-order chi connectivity index (χ1) is 16.7. The molecule has 2 aromatic carbocycles. The molecule has 35 heavy (non-hydrogen) atoms. The number of alkyl carbamates (subject to hydrolysis) is 1. The Morgan fingerprint density at radius 3 is 2.26 bits per heavy atom. The topological polar surface area (TPSA) is 95.9 Å². The summed E-state index contributed by atoms with van der Waals surface area (Å²) in [6, 6.07) is 15.7. The highest BCUT2D eigenvalue weighted by atomic mass is 19.3. The van der Waals surface area contributed by atoms with Crippen LogP contribution in [0.2, 0.25) is 0 Å². The number of carboxylic acids is 1. The summed E-state index contributed by atoms with van der Waals surface area (Å²) in [4.78, 5) is 37.3. The van der Waals surface area contributed by atoms with Gasteiger partial charge >= 0.3 is 12.1 Å². The molecule has 7 nitrogen and oxygen atoms in total. The number of fused-ring (bicyclic) bond motifs is 3. The fourth-order valence-corrected chi connectivity index (χ4v) is 5.61. The molecule has 5 rings (SSSR count). The van der Waals surface area contributed by atoms with E-state index in [0.717, 1.165) is 27.2 Å². The van der Waals surface area contributed by atoms with E-state index in [9.17, 15) is 23.2 Å². The van der Waals surface area contributed by atoms with Crippen molar-refractivity contribution in [1.29, 1.82) is 0 Å². The zero-order valence-corrected chi connectivity index (χ0v) is 19.0. The van der Waals surface area contributed by atoms with Crippen molar-refractivity contribution < 1.29 is 33.0 Å². The predicted octanol–water partition coefficient (Wildman–Crippen LogP) is 3.87. The van der Waals surface area contributed by atoms with E-state index < -0.39 is 48.8 Å². The first-order valence-electron chi connectivity index (χ1n) is 11.8. The second kappa shape index (κ2) is 8.94. The highest BCUT2D eigenvalue weighted by Crippen LogP contribution is 2.44. The maximum Gasteiger partial charge on any atom is 0.407 e. The van der Waals surface area contributed by atoms with Gasteiger partial charge in [0.25, 0.3) is 5.92 Å². The van der Waals surface area contributed by atoms with Gasteiger partial charge in [-0.1, -0.05) is 48.5 Å². The van der Waals surface area contributed by atoms with E-state index in [1.165, 1.54) is 0 Å². The SMILES string of the molecule is O=C(NC1CCC(C(=O)N2CC(C(=O)O)C(F)(F)C2)C1)OCC1c2ccccc2-c2ccccc21. The van der Waals surface area contributed by atoms with E-state index in [4.69, 9.17) is 9.84 Å². The third kappa shape index (κ3) is 4.35. The van der Waals surface area contributed by atoms with Gasteiger partial charge in [0.15, 0.2) is 0 Å².